The minimum Gasteiger partial charge on any atom is -0.366 e. The number of carbonyl (C=O) groups is 1. The molecule has 1 saturated heterocycles. The van der Waals surface area contributed by atoms with Crippen LogP contribution < -0.4 is 0 Å². The first kappa shape index (κ1) is 16.9. The third-order valence-electron chi connectivity index (χ3n) is 4.16. The SMILES string of the molecule is Cc1nc(C2CN(C(=O)c3nc(C)sc3-c3ccccc3)CCO2)no1. The van der Waals surface area contributed by atoms with Gasteiger partial charge in [-0.3, -0.25) is 4.79 Å². The molecule has 1 unspecified atom stereocenters. The maximum absolute atomic E-state index is 13.1. The molecule has 3 heterocycles. The molecule has 0 N–H and O–H groups in total. The van der Waals surface area contributed by atoms with Gasteiger partial charge in [0.15, 0.2) is 0 Å². The highest BCUT2D eigenvalue weighted by atomic mass is 32.1. The maximum atomic E-state index is 13.1. The average molecular weight is 370 g/mol. The van der Waals surface area contributed by atoms with Crippen molar-refractivity contribution in [2.24, 2.45) is 0 Å². The van der Waals surface area contributed by atoms with Crippen LogP contribution in [0.25, 0.3) is 10.4 Å². The summed E-state index contributed by atoms with van der Waals surface area (Å²) in [6.07, 6.45) is -0.384. The number of aryl methyl sites for hydroxylation is 2. The molecular weight excluding hydrogens is 352 g/mol. The Morgan fingerprint density at radius 1 is 1.23 bits per heavy atom. The Balaban J connectivity index is 1.60. The number of carbonyl (C=O) groups excluding carboxylic acids is 1. The van der Waals surface area contributed by atoms with Gasteiger partial charge in [-0.15, -0.1) is 11.3 Å². The van der Waals surface area contributed by atoms with E-state index in [0.717, 1.165) is 15.4 Å². The van der Waals surface area contributed by atoms with Crippen molar-refractivity contribution in [3.05, 3.63) is 52.7 Å². The molecular formula is C18H18N4O3S. The van der Waals surface area contributed by atoms with Gasteiger partial charge in [0, 0.05) is 13.5 Å². The fourth-order valence-corrected chi connectivity index (χ4v) is 3.86. The zero-order valence-electron chi connectivity index (χ0n) is 14.5. The van der Waals surface area contributed by atoms with Gasteiger partial charge in [-0.05, 0) is 12.5 Å². The van der Waals surface area contributed by atoms with Crippen molar-refractivity contribution in [1.82, 2.24) is 20.0 Å². The summed E-state index contributed by atoms with van der Waals surface area (Å²) in [6.45, 7) is 4.96. The van der Waals surface area contributed by atoms with E-state index >= 15 is 0 Å². The normalized spacial score (nSPS) is 17.5. The number of thiazole rings is 1. The van der Waals surface area contributed by atoms with Crippen LogP contribution in [0.5, 0.6) is 0 Å². The predicted molar refractivity (Wildman–Crippen MR) is 95.9 cm³/mol. The van der Waals surface area contributed by atoms with Gasteiger partial charge in [0.05, 0.1) is 23.0 Å². The number of benzene rings is 1. The summed E-state index contributed by atoms with van der Waals surface area (Å²) in [6, 6.07) is 9.87. The Kier molecular flexibility index (Phi) is 4.52. The van der Waals surface area contributed by atoms with E-state index in [1.807, 2.05) is 37.3 Å². The summed E-state index contributed by atoms with van der Waals surface area (Å²) in [5.74, 6) is 0.855. The lowest BCUT2D eigenvalue weighted by molar-refractivity contribution is -0.0277. The fourth-order valence-electron chi connectivity index (χ4n) is 2.94. The Labute approximate surface area is 154 Å². The molecule has 7 nitrogen and oxygen atoms in total. The number of rotatable bonds is 3. The average Bonchev–Trinajstić information content (AvgIpc) is 3.28. The standard InChI is InChI=1S/C18H18N4O3S/c1-11-19-17(21-25-11)14-10-22(8-9-24-14)18(23)15-16(26-12(2)20-15)13-6-4-3-5-7-13/h3-7,14H,8-10H2,1-2H3. The van der Waals surface area contributed by atoms with Gasteiger partial charge in [-0.2, -0.15) is 4.98 Å². The zero-order valence-corrected chi connectivity index (χ0v) is 15.3. The summed E-state index contributed by atoms with van der Waals surface area (Å²) in [5, 5.41) is 4.78. The monoisotopic (exact) mass is 370 g/mol. The van der Waals surface area contributed by atoms with Crippen LogP contribution in [0, 0.1) is 13.8 Å². The second-order valence-corrected chi connectivity index (χ2v) is 7.26. The van der Waals surface area contributed by atoms with E-state index in [1.165, 1.54) is 11.3 Å². The van der Waals surface area contributed by atoms with Gasteiger partial charge in [-0.1, -0.05) is 35.5 Å². The summed E-state index contributed by atoms with van der Waals surface area (Å²) in [5.41, 5.74) is 1.49. The van der Waals surface area contributed by atoms with Gasteiger partial charge >= 0.3 is 0 Å². The maximum Gasteiger partial charge on any atom is 0.274 e. The second-order valence-electron chi connectivity index (χ2n) is 6.06. The summed E-state index contributed by atoms with van der Waals surface area (Å²) in [4.78, 5) is 24.5. The molecule has 4 rings (SSSR count). The van der Waals surface area contributed by atoms with Crippen molar-refractivity contribution in [3.8, 4) is 10.4 Å². The number of nitrogens with zero attached hydrogens (tertiary/aromatic N) is 4. The van der Waals surface area contributed by atoms with Gasteiger partial charge < -0.3 is 14.2 Å². The van der Waals surface area contributed by atoms with Crippen LogP contribution in [0.15, 0.2) is 34.9 Å². The van der Waals surface area contributed by atoms with Crippen LogP contribution in [-0.4, -0.2) is 45.6 Å². The van der Waals surface area contributed by atoms with Crippen LogP contribution in [0.1, 0.15) is 33.3 Å². The molecule has 8 heteroatoms. The first-order valence-electron chi connectivity index (χ1n) is 8.36. The molecule has 1 atom stereocenters. The molecule has 2 aromatic heterocycles. The molecule has 3 aromatic rings. The van der Waals surface area contributed by atoms with E-state index in [1.54, 1.807) is 11.8 Å². The zero-order chi connectivity index (χ0) is 18.1. The number of amides is 1. The highest BCUT2D eigenvalue weighted by molar-refractivity contribution is 7.15. The van der Waals surface area contributed by atoms with Crippen LogP contribution in [-0.2, 0) is 4.74 Å². The lowest BCUT2D eigenvalue weighted by Crippen LogP contribution is -2.42. The van der Waals surface area contributed by atoms with E-state index in [9.17, 15) is 4.79 Å². The minimum absolute atomic E-state index is 0.0956. The summed E-state index contributed by atoms with van der Waals surface area (Å²) < 4.78 is 10.7. The predicted octanol–water partition coefficient (Wildman–Crippen LogP) is 3.02. The molecule has 1 amide bonds. The minimum atomic E-state index is -0.384. The largest absolute Gasteiger partial charge is 0.366 e. The molecule has 0 radical (unpaired) electrons. The summed E-state index contributed by atoms with van der Waals surface area (Å²) >= 11 is 1.53. The van der Waals surface area contributed by atoms with Crippen molar-refractivity contribution >= 4 is 17.2 Å². The molecule has 0 aliphatic carbocycles. The van der Waals surface area contributed by atoms with Gasteiger partial charge in [0.1, 0.15) is 11.8 Å². The molecule has 0 spiro atoms. The molecule has 0 saturated carbocycles. The number of morpholine rings is 1. The number of ether oxygens (including phenoxy) is 1. The first-order chi connectivity index (χ1) is 12.6. The van der Waals surface area contributed by atoms with E-state index in [2.05, 4.69) is 15.1 Å². The van der Waals surface area contributed by atoms with Crippen molar-refractivity contribution in [2.45, 2.75) is 20.0 Å². The summed E-state index contributed by atoms with van der Waals surface area (Å²) in [7, 11) is 0. The van der Waals surface area contributed by atoms with Crippen LogP contribution >= 0.6 is 11.3 Å². The van der Waals surface area contributed by atoms with Gasteiger partial charge in [0.2, 0.25) is 11.7 Å². The van der Waals surface area contributed by atoms with Gasteiger partial charge in [0.25, 0.3) is 5.91 Å². The first-order valence-corrected chi connectivity index (χ1v) is 9.17. The number of aromatic nitrogens is 3. The third kappa shape index (κ3) is 3.25. The number of hydrogen-bond acceptors (Lipinski definition) is 7. The second kappa shape index (κ2) is 6.97. The Morgan fingerprint density at radius 2 is 2.04 bits per heavy atom. The van der Waals surface area contributed by atoms with Crippen LogP contribution in [0.4, 0.5) is 0 Å². The molecule has 0 bridgehead atoms. The lowest BCUT2D eigenvalue weighted by atomic mass is 10.1. The van der Waals surface area contributed by atoms with E-state index in [0.29, 0.717) is 37.1 Å². The fraction of sp³-hybridized carbons (Fsp3) is 0.333. The Bertz CT molecular complexity index is 922. The highest BCUT2D eigenvalue weighted by Crippen LogP contribution is 2.31. The molecule has 1 aromatic carbocycles. The van der Waals surface area contributed by atoms with E-state index in [4.69, 9.17) is 9.26 Å². The smallest absolute Gasteiger partial charge is 0.274 e. The Morgan fingerprint density at radius 3 is 2.77 bits per heavy atom. The lowest BCUT2D eigenvalue weighted by Gasteiger charge is -2.31. The van der Waals surface area contributed by atoms with Crippen molar-refractivity contribution < 1.29 is 14.1 Å². The Hall–Kier alpha value is -2.58. The van der Waals surface area contributed by atoms with Crippen molar-refractivity contribution in [3.63, 3.8) is 0 Å². The highest BCUT2D eigenvalue weighted by Gasteiger charge is 2.31. The van der Waals surface area contributed by atoms with Crippen LogP contribution in [0.2, 0.25) is 0 Å². The topological polar surface area (TPSA) is 81.4 Å². The van der Waals surface area contributed by atoms with Gasteiger partial charge in [-0.25, -0.2) is 4.98 Å². The van der Waals surface area contributed by atoms with Crippen molar-refractivity contribution in [2.75, 3.05) is 19.7 Å². The van der Waals surface area contributed by atoms with Crippen molar-refractivity contribution in [1.29, 1.82) is 0 Å². The molecule has 1 fully saturated rings. The molecule has 26 heavy (non-hydrogen) atoms. The molecule has 1 aliphatic heterocycles. The molecule has 1 aliphatic rings. The van der Waals surface area contributed by atoms with Crippen LogP contribution in [0.3, 0.4) is 0 Å². The molecule has 134 valence electrons. The number of hydrogen-bond donors (Lipinski definition) is 0. The van der Waals surface area contributed by atoms with E-state index < -0.39 is 0 Å². The quantitative estimate of drug-likeness (QED) is 0.705. The third-order valence-corrected chi connectivity index (χ3v) is 5.18. The van der Waals surface area contributed by atoms with E-state index in [-0.39, 0.29) is 12.0 Å².